The Labute approximate surface area is 122 Å². The van der Waals surface area contributed by atoms with Gasteiger partial charge >= 0.3 is 0 Å². The van der Waals surface area contributed by atoms with Crippen LogP contribution in [0.3, 0.4) is 0 Å². The third-order valence-electron chi connectivity index (χ3n) is 4.82. The number of fused-ring (bicyclic) bond motifs is 1. The van der Waals surface area contributed by atoms with E-state index in [9.17, 15) is 0 Å². The quantitative estimate of drug-likeness (QED) is 0.625. The minimum absolute atomic E-state index is 0.781. The minimum atomic E-state index is -1.49. The molecule has 0 saturated heterocycles. The highest BCUT2D eigenvalue weighted by Gasteiger charge is 2.44. The van der Waals surface area contributed by atoms with Crippen LogP contribution in [0.5, 0.6) is 0 Å². The van der Waals surface area contributed by atoms with E-state index in [1.54, 1.807) is 5.19 Å². The Hall–Kier alpha value is -0.603. The number of thiophene rings is 1. The van der Waals surface area contributed by atoms with Crippen molar-refractivity contribution in [2.24, 2.45) is 0 Å². The molecule has 0 amide bonds. The first-order chi connectivity index (χ1) is 8.90. The van der Waals surface area contributed by atoms with Crippen LogP contribution in [0.4, 0.5) is 0 Å². The van der Waals surface area contributed by atoms with Gasteiger partial charge in [-0.15, -0.1) is 11.3 Å². The van der Waals surface area contributed by atoms with Gasteiger partial charge in [0.15, 0.2) is 0 Å². The van der Waals surface area contributed by atoms with Crippen LogP contribution in [-0.4, -0.2) is 8.07 Å². The average Bonchev–Trinajstić information content (AvgIpc) is 2.75. The van der Waals surface area contributed by atoms with E-state index in [2.05, 4.69) is 71.2 Å². The lowest BCUT2D eigenvalue weighted by Crippen LogP contribution is -2.55. The van der Waals surface area contributed by atoms with Crippen LogP contribution in [0.25, 0.3) is 10.1 Å². The fraction of sp³-hybridized carbons (Fsp3) is 0.529. The molecular weight excluding hydrogens is 264 g/mol. The first-order valence-electron chi connectivity index (χ1n) is 7.38. The van der Waals surface area contributed by atoms with E-state index >= 15 is 0 Å². The van der Waals surface area contributed by atoms with E-state index in [4.69, 9.17) is 0 Å². The highest BCUT2D eigenvalue weighted by Crippen LogP contribution is 2.41. The third-order valence-corrected chi connectivity index (χ3v) is 12.8. The molecule has 0 aliphatic heterocycles. The van der Waals surface area contributed by atoms with Crippen molar-refractivity contribution in [3.63, 3.8) is 0 Å². The van der Waals surface area contributed by atoms with Gasteiger partial charge in [-0.2, -0.15) is 0 Å². The van der Waals surface area contributed by atoms with Gasteiger partial charge in [0.2, 0.25) is 0 Å². The van der Waals surface area contributed by atoms with Gasteiger partial charge < -0.3 is 0 Å². The highest BCUT2D eigenvalue weighted by atomic mass is 32.1. The van der Waals surface area contributed by atoms with E-state index in [0.29, 0.717) is 0 Å². The molecule has 0 fully saturated rings. The summed E-state index contributed by atoms with van der Waals surface area (Å²) in [5, 5.41) is 5.29. The number of hydrogen-bond donors (Lipinski definition) is 0. The van der Waals surface area contributed by atoms with Crippen LogP contribution in [-0.2, 0) is 0 Å². The van der Waals surface area contributed by atoms with E-state index in [-0.39, 0.29) is 0 Å². The SMILES string of the molecule is CC(C)[Si](c1ccc2sccc2c1)(C(C)C)C(C)C. The Morgan fingerprint density at radius 1 is 0.842 bits per heavy atom. The summed E-state index contributed by atoms with van der Waals surface area (Å²) in [6, 6.07) is 9.51. The molecule has 0 aliphatic carbocycles. The van der Waals surface area contributed by atoms with Crippen molar-refractivity contribution in [3.8, 4) is 0 Å². The molecule has 0 radical (unpaired) electrons. The fourth-order valence-corrected chi connectivity index (χ4v) is 11.8. The van der Waals surface area contributed by atoms with Gasteiger partial charge in [-0.3, -0.25) is 0 Å². The summed E-state index contributed by atoms with van der Waals surface area (Å²) >= 11 is 1.85. The lowest BCUT2D eigenvalue weighted by Gasteiger charge is -2.43. The number of benzene rings is 1. The highest BCUT2D eigenvalue weighted by molar-refractivity contribution is 7.17. The lowest BCUT2D eigenvalue weighted by atomic mass is 10.3. The topological polar surface area (TPSA) is 0 Å². The molecule has 1 aromatic heterocycles. The first-order valence-corrected chi connectivity index (χ1v) is 10.5. The molecule has 0 spiro atoms. The zero-order chi connectivity index (χ0) is 14.2. The van der Waals surface area contributed by atoms with Crippen molar-refractivity contribution >= 4 is 34.7 Å². The molecule has 0 nitrogen and oxygen atoms in total. The monoisotopic (exact) mass is 290 g/mol. The van der Waals surface area contributed by atoms with E-state index in [0.717, 1.165) is 16.6 Å². The Bertz CT molecular complexity index is 529. The summed E-state index contributed by atoms with van der Waals surface area (Å²) in [4.78, 5) is 0. The summed E-state index contributed by atoms with van der Waals surface area (Å²) in [7, 11) is -1.49. The molecule has 1 aromatic carbocycles. The van der Waals surface area contributed by atoms with Gasteiger partial charge in [0.05, 0.1) is 8.07 Å². The molecule has 2 aromatic rings. The standard InChI is InChI=1S/C17H26SSi/c1-12(2)19(13(3)4,14(5)6)16-7-8-17-15(11-16)9-10-18-17/h7-14H,1-6H3. The van der Waals surface area contributed by atoms with E-state index in [1.165, 1.54) is 10.1 Å². The molecular formula is C17H26SSi. The Morgan fingerprint density at radius 2 is 1.42 bits per heavy atom. The number of rotatable bonds is 4. The molecule has 2 rings (SSSR count). The molecule has 0 N–H and O–H groups in total. The van der Waals surface area contributed by atoms with E-state index in [1.807, 2.05) is 11.3 Å². The Morgan fingerprint density at radius 3 is 1.95 bits per heavy atom. The summed E-state index contributed by atoms with van der Waals surface area (Å²) in [6.45, 7) is 14.6. The van der Waals surface area contributed by atoms with Crippen LogP contribution in [0.15, 0.2) is 29.6 Å². The Kier molecular flexibility index (Phi) is 4.22. The second kappa shape index (κ2) is 5.41. The van der Waals surface area contributed by atoms with Crippen LogP contribution in [0.1, 0.15) is 41.5 Å². The predicted octanol–water partition coefficient (Wildman–Crippen LogP) is 5.79. The van der Waals surface area contributed by atoms with Crippen LogP contribution in [0, 0.1) is 0 Å². The minimum Gasteiger partial charge on any atom is -0.144 e. The van der Waals surface area contributed by atoms with Gasteiger partial charge in [-0.05, 0) is 39.5 Å². The van der Waals surface area contributed by atoms with Crippen molar-refractivity contribution in [3.05, 3.63) is 29.6 Å². The largest absolute Gasteiger partial charge is 0.144 e. The maximum absolute atomic E-state index is 2.48. The predicted molar refractivity (Wildman–Crippen MR) is 92.5 cm³/mol. The van der Waals surface area contributed by atoms with Gasteiger partial charge in [-0.25, -0.2) is 0 Å². The van der Waals surface area contributed by atoms with E-state index < -0.39 is 8.07 Å². The smallest absolute Gasteiger partial charge is 0.0942 e. The molecule has 0 saturated carbocycles. The van der Waals surface area contributed by atoms with Gasteiger partial charge in [-0.1, -0.05) is 58.9 Å². The molecule has 0 aliphatic rings. The molecule has 2 heteroatoms. The van der Waals surface area contributed by atoms with Gasteiger partial charge in [0, 0.05) is 4.70 Å². The lowest BCUT2D eigenvalue weighted by molar-refractivity contribution is 0.835. The number of hydrogen-bond acceptors (Lipinski definition) is 1. The summed E-state index contributed by atoms with van der Waals surface area (Å²) in [5.74, 6) is 0. The average molecular weight is 291 g/mol. The normalized spacial score (nSPS) is 13.1. The Balaban J connectivity index is 2.65. The zero-order valence-electron chi connectivity index (χ0n) is 13.0. The maximum atomic E-state index is 2.48. The zero-order valence-corrected chi connectivity index (χ0v) is 14.8. The van der Waals surface area contributed by atoms with Crippen molar-refractivity contribution < 1.29 is 0 Å². The fourth-order valence-electron chi connectivity index (χ4n) is 4.24. The van der Waals surface area contributed by atoms with Crippen molar-refractivity contribution in [1.29, 1.82) is 0 Å². The van der Waals surface area contributed by atoms with Crippen molar-refractivity contribution in [1.82, 2.24) is 0 Å². The maximum Gasteiger partial charge on any atom is 0.0942 e. The van der Waals surface area contributed by atoms with Crippen LogP contribution >= 0.6 is 11.3 Å². The van der Waals surface area contributed by atoms with Crippen molar-refractivity contribution in [2.75, 3.05) is 0 Å². The third kappa shape index (κ3) is 2.29. The summed E-state index contributed by atoms with van der Waals surface area (Å²) < 4.78 is 1.42. The second-order valence-electron chi connectivity index (χ2n) is 6.57. The molecule has 19 heavy (non-hydrogen) atoms. The molecule has 0 bridgehead atoms. The molecule has 104 valence electrons. The molecule has 0 unspecified atom stereocenters. The van der Waals surface area contributed by atoms with Gasteiger partial charge in [0.1, 0.15) is 0 Å². The van der Waals surface area contributed by atoms with Crippen LogP contribution in [0.2, 0.25) is 16.6 Å². The molecule has 0 atom stereocenters. The first kappa shape index (κ1) is 14.8. The van der Waals surface area contributed by atoms with Crippen LogP contribution < -0.4 is 5.19 Å². The molecule has 1 heterocycles. The summed E-state index contributed by atoms with van der Waals surface area (Å²) in [5.41, 5.74) is 2.34. The van der Waals surface area contributed by atoms with Gasteiger partial charge in [0.25, 0.3) is 0 Å². The van der Waals surface area contributed by atoms with Crippen molar-refractivity contribution in [2.45, 2.75) is 58.2 Å². The second-order valence-corrected chi connectivity index (χ2v) is 13.4. The summed E-state index contributed by atoms with van der Waals surface area (Å²) in [6.07, 6.45) is 0.